The van der Waals surface area contributed by atoms with Crippen LogP contribution >= 0.6 is 0 Å². The Kier molecular flexibility index (Phi) is 9.39. The zero-order valence-electron chi connectivity index (χ0n) is 19.0. The number of nitrogens with zero attached hydrogens (tertiary/aromatic N) is 2. The maximum absolute atomic E-state index is 12.1. The van der Waals surface area contributed by atoms with Gasteiger partial charge in [-0.3, -0.25) is 14.7 Å². The summed E-state index contributed by atoms with van der Waals surface area (Å²) in [4.78, 5) is 19.2. The Morgan fingerprint density at radius 3 is 2.47 bits per heavy atom. The van der Waals surface area contributed by atoms with Gasteiger partial charge in [0, 0.05) is 33.2 Å². The summed E-state index contributed by atoms with van der Waals surface area (Å²) in [6.45, 7) is 10.9. The summed E-state index contributed by atoms with van der Waals surface area (Å²) in [5.74, 6) is 1.53. The van der Waals surface area contributed by atoms with Gasteiger partial charge in [-0.2, -0.15) is 0 Å². The molecule has 168 valence electrons. The van der Waals surface area contributed by atoms with Gasteiger partial charge < -0.3 is 25.4 Å². The molecule has 1 fully saturated rings. The molecule has 1 aromatic rings. The van der Waals surface area contributed by atoms with Crippen molar-refractivity contribution in [1.82, 2.24) is 20.9 Å². The Morgan fingerprint density at radius 1 is 1.23 bits per heavy atom. The predicted octanol–water partition coefficient (Wildman–Crippen LogP) is 1.40. The minimum absolute atomic E-state index is 0.0217. The van der Waals surface area contributed by atoms with Crippen molar-refractivity contribution >= 4 is 11.9 Å². The molecular weight excluding hydrogens is 382 g/mol. The molecule has 1 aliphatic heterocycles. The number of guanidine groups is 1. The van der Waals surface area contributed by atoms with E-state index in [1.165, 1.54) is 5.56 Å². The van der Waals surface area contributed by atoms with E-state index in [1.807, 2.05) is 32.9 Å². The minimum atomic E-state index is -0.573. The van der Waals surface area contributed by atoms with Gasteiger partial charge in [0.25, 0.3) is 0 Å². The van der Waals surface area contributed by atoms with Gasteiger partial charge in [-0.25, -0.2) is 0 Å². The molecule has 8 nitrogen and oxygen atoms in total. The molecular formula is C22H37N5O3. The molecule has 3 N–H and O–H groups in total. The number of methoxy groups -OCH3 is 1. The Bertz CT molecular complexity index is 685. The fourth-order valence-corrected chi connectivity index (χ4v) is 3.39. The van der Waals surface area contributed by atoms with Crippen LogP contribution in [0.4, 0.5) is 0 Å². The summed E-state index contributed by atoms with van der Waals surface area (Å²) in [5.41, 5.74) is 0.642. The van der Waals surface area contributed by atoms with Crippen LogP contribution in [-0.4, -0.2) is 76.9 Å². The SMILES string of the molecule is CCNC(=NCC(C)(C)C(=O)NC)NCC(c1ccc(OC)cc1)N1CCOCC1. The van der Waals surface area contributed by atoms with Gasteiger partial charge in [-0.1, -0.05) is 12.1 Å². The van der Waals surface area contributed by atoms with E-state index < -0.39 is 5.41 Å². The van der Waals surface area contributed by atoms with Crippen LogP contribution in [-0.2, 0) is 9.53 Å². The molecule has 2 rings (SSSR count). The van der Waals surface area contributed by atoms with Crippen molar-refractivity contribution in [2.45, 2.75) is 26.8 Å². The normalized spacial score (nSPS) is 16.6. The molecule has 1 aromatic carbocycles. The standard InChI is InChI=1S/C22H37N5O3/c1-6-24-21(26-16-22(2,3)20(28)23-4)25-15-19(27-11-13-30-14-12-27)17-7-9-18(29-5)10-8-17/h7-10,19H,6,11-16H2,1-5H3,(H,23,28)(H2,24,25,26). The molecule has 0 radical (unpaired) electrons. The zero-order valence-corrected chi connectivity index (χ0v) is 19.0. The number of morpholine rings is 1. The van der Waals surface area contributed by atoms with Crippen LogP contribution in [0.1, 0.15) is 32.4 Å². The van der Waals surface area contributed by atoms with Crippen molar-refractivity contribution in [2.75, 3.05) is 60.1 Å². The fourth-order valence-electron chi connectivity index (χ4n) is 3.39. The number of hydrogen-bond donors (Lipinski definition) is 3. The van der Waals surface area contributed by atoms with E-state index in [2.05, 4.69) is 38.0 Å². The second kappa shape index (κ2) is 11.8. The third kappa shape index (κ3) is 6.88. The van der Waals surface area contributed by atoms with Crippen molar-refractivity contribution in [3.8, 4) is 5.75 Å². The maximum atomic E-state index is 12.1. The van der Waals surface area contributed by atoms with E-state index in [9.17, 15) is 4.79 Å². The first-order valence-corrected chi connectivity index (χ1v) is 10.6. The van der Waals surface area contributed by atoms with Gasteiger partial charge in [0.2, 0.25) is 5.91 Å². The van der Waals surface area contributed by atoms with Crippen LogP contribution in [0, 0.1) is 5.41 Å². The lowest BCUT2D eigenvalue weighted by molar-refractivity contribution is -0.128. The fraction of sp³-hybridized carbons (Fsp3) is 0.636. The minimum Gasteiger partial charge on any atom is -0.497 e. The van der Waals surface area contributed by atoms with Gasteiger partial charge in [-0.05, 0) is 38.5 Å². The quantitative estimate of drug-likeness (QED) is 0.414. The second-order valence-corrected chi connectivity index (χ2v) is 7.98. The molecule has 1 unspecified atom stereocenters. The Morgan fingerprint density at radius 2 is 1.90 bits per heavy atom. The molecule has 1 atom stereocenters. The van der Waals surface area contributed by atoms with Crippen LogP contribution in [0.5, 0.6) is 5.75 Å². The Hall–Kier alpha value is -2.32. The van der Waals surface area contributed by atoms with Crippen molar-refractivity contribution < 1.29 is 14.3 Å². The van der Waals surface area contributed by atoms with Crippen LogP contribution in [0.15, 0.2) is 29.3 Å². The molecule has 0 spiro atoms. The average molecular weight is 420 g/mol. The molecule has 1 saturated heterocycles. The lowest BCUT2D eigenvalue weighted by atomic mass is 9.93. The third-order valence-corrected chi connectivity index (χ3v) is 5.27. The molecule has 8 heteroatoms. The molecule has 1 aliphatic rings. The van der Waals surface area contributed by atoms with E-state index in [0.717, 1.165) is 38.6 Å². The Balaban J connectivity index is 2.13. The first-order chi connectivity index (χ1) is 14.4. The summed E-state index contributed by atoms with van der Waals surface area (Å²) < 4.78 is 10.8. The summed E-state index contributed by atoms with van der Waals surface area (Å²) >= 11 is 0. The van der Waals surface area contributed by atoms with Crippen LogP contribution < -0.4 is 20.7 Å². The van der Waals surface area contributed by atoms with Gasteiger partial charge in [0.05, 0.1) is 38.3 Å². The molecule has 30 heavy (non-hydrogen) atoms. The highest BCUT2D eigenvalue weighted by molar-refractivity contribution is 5.83. The smallest absolute Gasteiger partial charge is 0.227 e. The molecule has 1 heterocycles. The van der Waals surface area contributed by atoms with E-state index >= 15 is 0 Å². The monoisotopic (exact) mass is 419 g/mol. The van der Waals surface area contributed by atoms with E-state index in [0.29, 0.717) is 19.0 Å². The number of ether oxygens (including phenoxy) is 2. The van der Waals surface area contributed by atoms with Crippen molar-refractivity contribution in [1.29, 1.82) is 0 Å². The topological polar surface area (TPSA) is 87.2 Å². The Labute approximate surface area is 180 Å². The zero-order chi connectivity index (χ0) is 22.0. The summed E-state index contributed by atoms with van der Waals surface area (Å²) in [5, 5.41) is 9.46. The number of hydrogen-bond acceptors (Lipinski definition) is 5. The van der Waals surface area contributed by atoms with Crippen LogP contribution in [0.2, 0.25) is 0 Å². The van der Waals surface area contributed by atoms with Crippen LogP contribution in [0.25, 0.3) is 0 Å². The van der Waals surface area contributed by atoms with Crippen molar-refractivity contribution in [3.63, 3.8) is 0 Å². The number of aliphatic imine (C=N–C) groups is 1. The van der Waals surface area contributed by atoms with Gasteiger partial charge in [0.15, 0.2) is 5.96 Å². The second-order valence-electron chi connectivity index (χ2n) is 7.98. The average Bonchev–Trinajstić information content (AvgIpc) is 2.78. The number of nitrogens with one attached hydrogen (secondary N) is 3. The highest BCUT2D eigenvalue weighted by atomic mass is 16.5. The third-order valence-electron chi connectivity index (χ3n) is 5.27. The molecule has 0 aromatic heterocycles. The number of carbonyl (C=O) groups is 1. The largest absolute Gasteiger partial charge is 0.497 e. The first-order valence-electron chi connectivity index (χ1n) is 10.6. The van der Waals surface area contributed by atoms with Gasteiger partial charge in [-0.15, -0.1) is 0 Å². The van der Waals surface area contributed by atoms with Gasteiger partial charge in [0.1, 0.15) is 5.75 Å². The van der Waals surface area contributed by atoms with Gasteiger partial charge >= 0.3 is 0 Å². The predicted molar refractivity (Wildman–Crippen MR) is 120 cm³/mol. The van der Waals surface area contributed by atoms with E-state index in [-0.39, 0.29) is 11.9 Å². The maximum Gasteiger partial charge on any atom is 0.227 e. The summed E-state index contributed by atoms with van der Waals surface area (Å²) in [7, 11) is 3.33. The lowest BCUT2D eigenvalue weighted by Crippen LogP contribution is -2.46. The number of amides is 1. The highest BCUT2D eigenvalue weighted by Gasteiger charge is 2.27. The van der Waals surface area contributed by atoms with E-state index in [1.54, 1.807) is 14.2 Å². The summed E-state index contributed by atoms with van der Waals surface area (Å²) in [6, 6.07) is 8.39. The molecule has 1 amide bonds. The van der Waals surface area contributed by atoms with Crippen LogP contribution in [0.3, 0.4) is 0 Å². The number of rotatable bonds is 9. The van der Waals surface area contributed by atoms with Crippen molar-refractivity contribution in [3.05, 3.63) is 29.8 Å². The molecule has 0 bridgehead atoms. The number of benzene rings is 1. The number of carbonyl (C=O) groups excluding carboxylic acids is 1. The lowest BCUT2D eigenvalue weighted by Gasteiger charge is -2.35. The summed E-state index contributed by atoms with van der Waals surface area (Å²) in [6.07, 6.45) is 0. The molecule has 0 saturated carbocycles. The first kappa shape index (κ1) is 24.0. The van der Waals surface area contributed by atoms with E-state index in [4.69, 9.17) is 9.47 Å². The highest BCUT2D eigenvalue weighted by Crippen LogP contribution is 2.23. The van der Waals surface area contributed by atoms with Crippen molar-refractivity contribution in [2.24, 2.45) is 10.4 Å². The molecule has 0 aliphatic carbocycles.